The van der Waals surface area contributed by atoms with Crippen LogP contribution >= 0.6 is 15.9 Å². The number of methoxy groups -OCH3 is 2. The Kier molecular flexibility index (Phi) is 6.97. The average molecular weight is 493 g/mol. The van der Waals surface area contributed by atoms with Crippen LogP contribution in [0.25, 0.3) is 0 Å². The van der Waals surface area contributed by atoms with Crippen molar-refractivity contribution < 1.29 is 32.2 Å². The number of hydrogen-bond acceptors (Lipinski definition) is 10. The van der Waals surface area contributed by atoms with E-state index in [1.54, 1.807) is 11.6 Å². The Balaban J connectivity index is 2.31. The summed E-state index contributed by atoms with van der Waals surface area (Å²) in [5, 5.41) is 5.42. The van der Waals surface area contributed by atoms with Gasteiger partial charge in [-0.05, 0) is 22.9 Å². The van der Waals surface area contributed by atoms with Gasteiger partial charge in [0.15, 0.2) is 5.03 Å². The Morgan fingerprint density at radius 3 is 2.31 bits per heavy atom. The Bertz CT molecular complexity index is 1020. The molecule has 0 radical (unpaired) electrons. The van der Waals surface area contributed by atoms with Gasteiger partial charge in [-0.3, -0.25) is 10.00 Å². The molecule has 29 heavy (non-hydrogen) atoms. The van der Waals surface area contributed by atoms with E-state index >= 15 is 0 Å². The topological polar surface area (TPSA) is 164 Å². The van der Waals surface area contributed by atoms with Crippen molar-refractivity contribution in [1.29, 1.82) is 0 Å². The number of carbonyl (C=O) groups excluding carboxylic acids is 2. The van der Waals surface area contributed by atoms with E-state index in [9.17, 15) is 18.0 Å². The van der Waals surface area contributed by atoms with Crippen molar-refractivity contribution in [3.63, 3.8) is 0 Å². The molecule has 2 heterocycles. The number of carbonyl (C=O) groups is 2. The normalized spacial score (nSPS) is 10.9. The minimum Gasteiger partial charge on any atom is -0.481 e. The lowest BCUT2D eigenvalue weighted by Gasteiger charge is -2.10. The third-order valence-electron chi connectivity index (χ3n) is 3.24. The molecule has 0 spiro atoms. The molecule has 13 nitrogen and oxygen atoms in total. The molecule has 0 aliphatic heterocycles. The molecule has 2 N–H and O–H groups in total. The predicted molar refractivity (Wildman–Crippen MR) is 101 cm³/mol. The molecular formula is C14H17BrN6O7S. The zero-order valence-corrected chi connectivity index (χ0v) is 18.1. The number of anilines is 1. The van der Waals surface area contributed by atoms with E-state index in [4.69, 9.17) is 14.2 Å². The Morgan fingerprint density at radius 1 is 1.21 bits per heavy atom. The van der Waals surface area contributed by atoms with E-state index in [2.05, 4.69) is 36.3 Å². The summed E-state index contributed by atoms with van der Waals surface area (Å²) in [6.07, 6.45) is 0. The van der Waals surface area contributed by atoms with E-state index in [-0.39, 0.29) is 34.5 Å². The average Bonchev–Trinajstić information content (AvgIpc) is 2.95. The molecule has 0 fully saturated rings. The van der Waals surface area contributed by atoms with Crippen LogP contribution in [0.3, 0.4) is 0 Å². The highest BCUT2D eigenvalue weighted by atomic mass is 79.9. The third-order valence-corrected chi connectivity index (χ3v) is 5.22. The molecule has 0 bridgehead atoms. The Labute approximate surface area is 173 Å². The van der Waals surface area contributed by atoms with Crippen LogP contribution in [0.4, 0.5) is 10.7 Å². The van der Waals surface area contributed by atoms with Gasteiger partial charge in [-0.25, -0.2) is 14.3 Å². The molecule has 15 heteroatoms. The number of amides is 2. The number of urea groups is 1. The van der Waals surface area contributed by atoms with Crippen LogP contribution in [-0.4, -0.2) is 61.0 Å². The molecule has 0 aliphatic carbocycles. The van der Waals surface area contributed by atoms with Gasteiger partial charge in [0, 0.05) is 7.05 Å². The molecule has 0 atom stereocenters. The highest BCUT2D eigenvalue weighted by Crippen LogP contribution is 2.24. The fourth-order valence-corrected chi connectivity index (χ4v) is 4.07. The van der Waals surface area contributed by atoms with Gasteiger partial charge in [-0.15, -0.1) is 0 Å². The van der Waals surface area contributed by atoms with Crippen molar-refractivity contribution in [2.45, 2.75) is 11.9 Å². The van der Waals surface area contributed by atoms with Gasteiger partial charge >= 0.3 is 12.0 Å². The highest BCUT2D eigenvalue weighted by molar-refractivity contribution is 9.10. The van der Waals surface area contributed by atoms with Gasteiger partial charge < -0.3 is 14.2 Å². The van der Waals surface area contributed by atoms with Crippen LogP contribution < -0.4 is 19.5 Å². The number of sulfonamides is 1. The maximum atomic E-state index is 12.7. The maximum absolute atomic E-state index is 12.7. The smallest absolute Gasteiger partial charge is 0.343 e. The lowest BCUT2D eigenvalue weighted by molar-refractivity contribution is 0.0520. The number of rotatable bonds is 7. The zero-order chi connectivity index (χ0) is 21.8. The predicted octanol–water partition coefficient (Wildman–Crippen LogP) is 0.677. The van der Waals surface area contributed by atoms with Gasteiger partial charge in [-0.2, -0.15) is 23.5 Å². The zero-order valence-electron chi connectivity index (χ0n) is 15.7. The first-order valence-electron chi connectivity index (χ1n) is 7.83. The first-order chi connectivity index (χ1) is 13.6. The van der Waals surface area contributed by atoms with Crippen molar-refractivity contribution in [2.24, 2.45) is 7.05 Å². The third kappa shape index (κ3) is 5.11. The summed E-state index contributed by atoms with van der Waals surface area (Å²) >= 11 is 3.01. The molecule has 0 aromatic carbocycles. The second-order valence-electron chi connectivity index (χ2n) is 5.15. The minimum atomic E-state index is -4.53. The molecular weight excluding hydrogens is 476 g/mol. The van der Waals surface area contributed by atoms with Crippen LogP contribution in [0.5, 0.6) is 11.8 Å². The molecule has 0 saturated heterocycles. The van der Waals surface area contributed by atoms with Crippen LogP contribution in [-0.2, 0) is 21.8 Å². The summed E-state index contributed by atoms with van der Waals surface area (Å²) in [5.41, 5.74) is -0.353. The van der Waals surface area contributed by atoms with Gasteiger partial charge in [0.25, 0.3) is 10.0 Å². The van der Waals surface area contributed by atoms with Gasteiger partial charge in [-0.1, -0.05) is 0 Å². The summed E-state index contributed by atoms with van der Waals surface area (Å²) in [6, 6.07) is 0.172. The second kappa shape index (κ2) is 9.04. The SMILES string of the molecule is CCOC(=O)c1c(Br)nn(C)c1S(=O)(=O)NC(=O)Nc1nc(OC)cc(OC)n1. The quantitative estimate of drug-likeness (QED) is 0.524. The molecule has 0 unspecified atom stereocenters. The van der Waals surface area contributed by atoms with Crippen molar-refractivity contribution in [3.8, 4) is 11.8 Å². The van der Waals surface area contributed by atoms with E-state index < -0.39 is 27.0 Å². The number of ether oxygens (including phenoxy) is 3. The van der Waals surface area contributed by atoms with E-state index in [0.717, 1.165) is 4.68 Å². The van der Waals surface area contributed by atoms with E-state index in [1.165, 1.54) is 27.3 Å². The van der Waals surface area contributed by atoms with Crippen LogP contribution in [0.2, 0.25) is 0 Å². The number of halogens is 1. The monoisotopic (exact) mass is 492 g/mol. The summed E-state index contributed by atoms with van der Waals surface area (Å²) < 4.78 is 42.7. The number of esters is 1. The number of aryl methyl sites for hydroxylation is 1. The number of aromatic nitrogens is 4. The van der Waals surface area contributed by atoms with Gasteiger partial charge in [0.2, 0.25) is 17.7 Å². The summed E-state index contributed by atoms with van der Waals surface area (Å²) in [6.45, 7) is 1.58. The van der Waals surface area contributed by atoms with Crippen molar-refractivity contribution in [2.75, 3.05) is 26.1 Å². The highest BCUT2D eigenvalue weighted by Gasteiger charge is 2.33. The molecule has 0 saturated carbocycles. The number of hydrogen-bond donors (Lipinski definition) is 2. The fourth-order valence-electron chi connectivity index (χ4n) is 2.13. The van der Waals surface area contributed by atoms with Crippen LogP contribution in [0, 0.1) is 0 Å². The Hall–Kier alpha value is -2.94. The molecule has 2 rings (SSSR count). The van der Waals surface area contributed by atoms with Crippen molar-refractivity contribution in [3.05, 3.63) is 16.2 Å². The summed E-state index contributed by atoms with van der Waals surface area (Å²) in [7, 11) is -0.557. The minimum absolute atomic E-state index is 0.0165. The van der Waals surface area contributed by atoms with E-state index in [0.29, 0.717) is 0 Å². The Morgan fingerprint density at radius 2 is 1.79 bits per heavy atom. The number of nitrogens with one attached hydrogen (secondary N) is 2. The fraction of sp³-hybridized carbons (Fsp3) is 0.357. The number of nitrogens with zero attached hydrogens (tertiary/aromatic N) is 4. The summed E-state index contributed by atoms with van der Waals surface area (Å²) in [4.78, 5) is 32.0. The van der Waals surface area contributed by atoms with Crippen LogP contribution in [0.1, 0.15) is 17.3 Å². The maximum Gasteiger partial charge on any atom is 0.343 e. The standard InChI is InChI=1S/C14H17BrN6O7S/c1-5-28-12(22)9-10(15)19-21(2)11(9)29(24,25)20-14(23)18-13-16-7(26-3)6-8(17-13)27-4/h6H,5H2,1-4H3,(H2,16,17,18,20,23). The lowest BCUT2D eigenvalue weighted by Crippen LogP contribution is -2.36. The first kappa shape index (κ1) is 22.4. The van der Waals surface area contributed by atoms with Crippen LogP contribution in [0.15, 0.2) is 15.7 Å². The molecule has 2 aromatic rings. The van der Waals surface area contributed by atoms with Crippen molar-refractivity contribution in [1.82, 2.24) is 24.5 Å². The van der Waals surface area contributed by atoms with Crippen molar-refractivity contribution >= 4 is 43.9 Å². The molecule has 158 valence electrons. The second-order valence-corrected chi connectivity index (χ2v) is 7.50. The molecule has 0 aliphatic rings. The lowest BCUT2D eigenvalue weighted by atomic mass is 10.4. The first-order valence-corrected chi connectivity index (χ1v) is 10.1. The molecule has 2 aromatic heterocycles. The van der Waals surface area contributed by atoms with Gasteiger partial charge in [0.05, 0.1) is 26.9 Å². The summed E-state index contributed by atoms with van der Waals surface area (Å²) in [5.74, 6) is -1.04. The van der Waals surface area contributed by atoms with E-state index in [1.807, 2.05) is 0 Å². The van der Waals surface area contributed by atoms with Gasteiger partial charge in [0.1, 0.15) is 10.2 Å². The largest absolute Gasteiger partial charge is 0.481 e. The molecule has 2 amide bonds.